The first-order valence-corrected chi connectivity index (χ1v) is 4.27. The van der Waals surface area contributed by atoms with Gasteiger partial charge in [-0.25, -0.2) is 4.39 Å². The van der Waals surface area contributed by atoms with E-state index in [0.29, 0.717) is 17.9 Å². The molecule has 1 atom stereocenters. The second kappa shape index (κ2) is 4.43. The molecule has 0 amide bonds. The Morgan fingerprint density at radius 1 is 1.33 bits per heavy atom. The molecular weight excluding hydrogens is 179 g/mol. The average Bonchev–Trinajstić information content (AvgIpc) is 2.06. The lowest BCUT2D eigenvalue weighted by Gasteiger charge is -2.07. The summed E-state index contributed by atoms with van der Waals surface area (Å²) < 4.78 is 12.4. The Kier molecular flexibility index (Phi) is 3.50. The quantitative estimate of drug-likeness (QED) is 0.723. The molecule has 0 aliphatic carbocycles. The van der Waals surface area contributed by atoms with Crippen LogP contribution in [0.2, 0.25) is 0 Å². The smallest absolute Gasteiger partial charge is 0.123 e. The second-order valence-corrected chi connectivity index (χ2v) is 2.92. The second-order valence-electron chi connectivity index (χ2n) is 2.55. The van der Waals surface area contributed by atoms with Crippen LogP contribution < -0.4 is 0 Å². The number of benzene rings is 1. The molecule has 0 radical (unpaired) electrons. The third-order valence-electron chi connectivity index (χ3n) is 1.64. The number of aliphatic hydroxyl groups is 1. The van der Waals surface area contributed by atoms with E-state index in [4.69, 9.17) is 11.6 Å². The van der Waals surface area contributed by atoms with Crippen molar-refractivity contribution in [2.75, 3.05) is 5.88 Å². The Labute approximate surface area is 75.8 Å². The third kappa shape index (κ3) is 2.47. The van der Waals surface area contributed by atoms with Crippen LogP contribution in [0.25, 0.3) is 0 Å². The Bertz CT molecular complexity index is 235. The topological polar surface area (TPSA) is 20.2 Å². The Morgan fingerprint density at radius 2 is 1.92 bits per heavy atom. The SMILES string of the molecule is O[C@@H](CCCl)c1ccc(F)cc1. The van der Waals surface area contributed by atoms with Crippen molar-refractivity contribution in [1.82, 2.24) is 0 Å². The number of alkyl halides is 1. The van der Waals surface area contributed by atoms with Gasteiger partial charge in [-0.3, -0.25) is 0 Å². The van der Waals surface area contributed by atoms with Gasteiger partial charge in [0.1, 0.15) is 5.82 Å². The molecule has 1 aromatic rings. The lowest BCUT2D eigenvalue weighted by molar-refractivity contribution is 0.174. The highest BCUT2D eigenvalue weighted by molar-refractivity contribution is 6.17. The standard InChI is InChI=1S/C9H10ClFO/c10-6-5-9(12)7-1-3-8(11)4-2-7/h1-4,9,12H,5-6H2/t9-/m0/s1. The van der Waals surface area contributed by atoms with Crippen LogP contribution in [-0.4, -0.2) is 11.0 Å². The summed E-state index contributed by atoms with van der Waals surface area (Å²) in [6.45, 7) is 0. The molecule has 12 heavy (non-hydrogen) atoms. The summed E-state index contributed by atoms with van der Waals surface area (Å²) >= 11 is 5.44. The summed E-state index contributed by atoms with van der Waals surface area (Å²) in [7, 11) is 0. The molecular formula is C9H10ClFO. The highest BCUT2D eigenvalue weighted by Gasteiger charge is 2.05. The zero-order chi connectivity index (χ0) is 8.97. The number of aliphatic hydroxyl groups excluding tert-OH is 1. The fraction of sp³-hybridized carbons (Fsp3) is 0.333. The molecule has 0 heterocycles. The van der Waals surface area contributed by atoms with Crippen LogP contribution in [0.3, 0.4) is 0 Å². The average molecular weight is 189 g/mol. The number of hydrogen-bond acceptors (Lipinski definition) is 1. The van der Waals surface area contributed by atoms with Gasteiger partial charge in [0, 0.05) is 5.88 Å². The fourth-order valence-corrected chi connectivity index (χ4v) is 1.16. The summed E-state index contributed by atoms with van der Waals surface area (Å²) in [4.78, 5) is 0. The van der Waals surface area contributed by atoms with Crippen LogP contribution in [0.5, 0.6) is 0 Å². The van der Waals surface area contributed by atoms with Gasteiger partial charge in [0.15, 0.2) is 0 Å². The van der Waals surface area contributed by atoms with Gasteiger partial charge in [0.2, 0.25) is 0 Å². The van der Waals surface area contributed by atoms with E-state index in [1.54, 1.807) is 12.1 Å². The van der Waals surface area contributed by atoms with Crippen molar-refractivity contribution >= 4 is 11.6 Å². The molecule has 1 rings (SSSR count). The van der Waals surface area contributed by atoms with E-state index in [0.717, 1.165) is 0 Å². The van der Waals surface area contributed by atoms with E-state index in [2.05, 4.69) is 0 Å². The molecule has 66 valence electrons. The normalized spacial score (nSPS) is 12.9. The molecule has 0 bridgehead atoms. The van der Waals surface area contributed by atoms with Gasteiger partial charge >= 0.3 is 0 Å². The van der Waals surface area contributed by atoms with Gasteiger partial charge in [-0.05, 0) is 24.1 Å². The number of halogens is 2. The largest absolute Gasteiger partial charge is 0.388 e. The van der Waals surface area contributed by atoms with E-state index in [1.165, 1.54) is 12.1 Å². The fourth-order valence-electron chi connectivity index (χ4n) is 0.955. The van der Waals surface area contributed by atoms with Crippen molar-refractivity contribution in [3.05, 3.63) is 35.6 Å². The first-order chi connectivity index (χ1) is 5.74. The van der Waals surface area contributed by atoms with Crippen molar-refractivity contribution in [2.24, 2.45) is 0 Å². The van der Waals surface area contributed by atoms with Crippen LogP contribution in [-0.2, 0) is 0 Å². The zero-order valence-corrected chi connectivity index (χ0v) is 7.26. The molecule has 0 saturated carbocycles. The van der Waals surface area contributed by atoms with Gasteiger partial charge in [0.05, 0.1) is 6.10 Å². The minimum absolute atomic E-state index is 0.295. The zero-order valence-electron chi connectivity index (χ0n) is 6.50. The van der Waals surface area contributed by atoms with Gasteiger partial charge < -0.3 is 5.11 Å². The summed E-state index contributed by atoms with van der Waals surface area (Å²) in [5.74, 6) is 0.107. The monoisotopic (exact) mass is 188 g/mol. The van der Waals surface area contributed by atoms with Crippen LogP contribution in [0, 0.1) is 5.82 Å². The molecule has 0 fully saturated rings. The predicted molar refractivity (Wildman–Crippen MR) is 46.7 cm³/mol. The first kappa shape index (κ1) is 9.49. The molecule has 0 saturated heterocycles. The molecule has 0 aliphatic rings. The number of hydrogen-bond donors (Lipinski definition) is 1. The number of rotatable bonds is 3. The van der Waals surface area contributed by atoms with E-state index in [-0.39, 0.29) is 5.82 Å². The van der Waals surface area contributed by atoms with Crippen LogP contribution in [0.15, 0.2) is 24.3 Å². The maximum atomic E-state index is 12.4. The summed E-state index contributed by atoms with van der Waals surface area (Å²) in [6, 6.07) is 5.78. The molecule has 3 heteroatoms. The van der Waals surface area contributed by atoms with E-state index >= 15 is 0 Å². The van der Waals surface area contributed by atoms with Crippen LogP contribution >= 0.6 is 11.6 Å². The highest BCUT2D eigenvalue weighted by Crippen LogP contribution is 2.16. The van der Waals surface area contributed by atoms with Crippen molar-refractivity contribution in [3.63, 3.8) is 0 Å². The summed E-state index contributed by atoms with van der Waals surface area (Å²) in [5, 5.41) is 9.40. The van der Waals surface area contributed by atoms with Gasteiger partial charge in [-0.15, -0.1) is 11.6 Å². The minimum Gasteiger partial charge on any atom is -0.388 e. The lowest BCUT2D eigenvalue weighted by Crippen LogP contribution is -1.97. The Balaban J connectivity index is 2.68. The highest BCUT2D eigenvalue weighted by atomic mass is 35.5. The van der Waals surface area contributed by atoms with Crippen molar-refractivity contribution in [3.8, 4) is 0 Å². The van der Waals surface area contributed by atoms with Gasteiger partial charge in [0.25, 0.3) is 0 Å². The summed E-state index contributed by atoms with van der Waals surface area (Å²) in [6.07, 6.45) is -0.0872. The minimum atomic E-state index is -0.580. The maximum absolute atomic E-state index is 12.4. The Morgan fingerprint density at radius 3 is 2.42 bits per heavy atom. The molecule has 1 aromatic carbocycles. The summed E-state index contributed by atoms with van der Waals surface area (Å²) in [5.41, 5.74) is 0.706. The molecule has 0 aromatic heterocycles. The molecule has 1 nitrogen and oxygen atoms in total. The van der Waals surface area contributed by atoms with Crippen LogP contribution in [0.4, 0.5) is 4.39 Å². The third-order valence-corrected chi connectivity index (χ3v) is 1.86. The van der Waals surface area contributed by atoms with Crippen LogP contribution in [0.1, 0.15) is 18.1 Å². The molecule has 0 aliphatic heterocycles. The van der Waals surface area contributed by atoms with Crippen molar-refractivity contribution in [1.29, 1.82) is 0 Å². The van der Waals surface area contributed by atoms with Crippen molar-refractivity contribution in [2.45, 2.75) is 12.5 Å². The molecule has 1 N–H and O–H groups in total. The Hall–Kier alpha value is -0.600. The van der Waals surface area contributed by atoms with Gasteiger partial charge in [-0.2, -0.15) is 0 Å². The van der Waals surface area contributed by atoms with E-state index in [1.807, 2.05) is 0 Å². The van der Waals surface area contributed by atoms with Crippen molar-refractivity contribution < 1.29 is 9.50 Å². The lowest BCUT2D eigenvalue weighted by atomic mass is 10.1. The van der Waals surface area contributed by atoms with E-state index in [9.17, 15) is 9.50 Å². The predicted octanol–water partition coefficient (Wildman–Crippen LogP) is 2.49. The maximum Gasteiger partial charge on any atom is 0.123 e. The first-order valence-electron chi connectivity index (χ1n) is 3.73. The van der Waals surface area contributed by atoms with Gasteiger partial charge in [-0.1, -0.05) is 12.1 Å². The van der Waals surface area contributed by atoms with E-state index < -0.39 is 6.10 Å². The molecule has 0 unspecified atom stereocenters. The molecule has 0 spiro atoms.